The summed E-state index contributed by atoms with van der Waals surface area (Å²) in [6.07, 6.45) is 54.6. The van der Waals surface area contributed by atoms with Crippen molar-refractivity contribution in [1.82, 2.24) is 9.80 Å². The van der Waals surface area contributed by atoms with E-state index in [2.05, 4.69) is 86.1 Å². The molecule has 0 aromatic rings. The first kappa shape index (κ1) is 77.6. The molecule has 0 fully saturated rings. The first-order valence-electron chi connectivity index (χ1n) is 33.4. The summed E-state index contributed by atoms with van der Waals surface area (Å²) in [6.45, 7) is 19.7. The van der Waals surface area contributed by atoms with Gasteiger partial charge in [0.05, 0.1) is 26.1 Å². The lowest BCUT2D eigenvalue weighted by Crippen LogP contribution is -2.33. The quantitative estimate of drug-likeness (QED) is 0.0270. The van der Waals surface area contributed by atoms with Crippen molar-refractivity contribution in [2.24, 2.45) is 0 Å². The second-order valence-corrected chi connectivity index (χ2v) is 21.8. The van der Waals surface area contributed by atoms with Gasteiger partial charge in [-0.2, -0.15) is 0 Å². The van der Waals surface area contributed by atoms with Crippen LogP contribution in [0, 0.1) is 0 Å². The van der Waals surface area contributed by atoms with Crippen LogP contribution in [0.4, 0.5) is 0 Å². The molecule has 0 heterocycles. The Morgan fingerprint density at radius 3 is 0.963 bits per heavy atom. The molecule has 0 aromatic carbocycles. The summed E-state index contributed by atoms with van der Waals surface area (Å²) in [7, 11) is 1.79. The van der Waals surface area contributed by atoms with Crippen molar-refractivity contribution in [2.45, 2.75) is 278 Å². The number of esters is 2. The summed E-state index contributed by atoms with van der Waals surface area (Å²) in [4.78, 5) is 30.6. The number of rotatable bonds is 65. The standard InChI is InChI=1S/C68H128N2O10/c1-6-10-14-18-29-41-61-77-67(78-62-42-30-19-15-11-7-2)49-47-65(72)75-59-39-33-23-26-36-52-69(51-35-25-22-28-38-58-74-5)54-45-55-70(56-46-57-71)53-37-27-24-34-40-60-76-66(73)48-50-68(79-63-43-31-20-16-12-8-3)80-64-44-32-21-17-13-9-4/h10-17,67-68,71H,6-9,18-64H2,1-5H3/b14-10-,15-11-,16-12-,17-13-. The van der Waals surface area contributed by atoms with Crippen LogP contribution in [0.15, 0.2) is 48.6 Å². The molecule has 470 valence electrons. The molecule has 1 N–H and O–H groups in total. The number of aliphatic hydroxyl groups is 1. The van der Waals surface area contributed by atoms with Crippen molar-refractivity contribution in [2.75, 3.05) is 99.2 Å². The van der Waals surface area contributed by atoms with E-state index in [4.69, 9.17) is 33.2 Å². The fraction of sp³-hybridized carbons (Fsp3) is 0.853. The smallest absolute Gasteiger partial charge is 0.305 e. The van der Waals surface area contributed by atoms with Gasteiger partial charge in [0.2, 0.25) is 0 Å². The van der Waals surface area contributed by atoms with Gasteiger partial charge in [-0.15, -0.1) is 0 Å². The number of nitrogens with zero attached hydrogens (tertiary/aromatic N) is 2. The molecule has 0 atom stereocenters. The number of unbranched alkanes of at least 4 members (excludes halogenated alkanes) is 20. The predicted octanol–water partition coefficient (Wildman–Crippen LogP) is 16.8. The minimum Gasteiger partial charge on any atom is -0.466 e. The molecule has 80 heavy (non-hydrogen) atoms. The summed E-state index contributed by atoms with van der Waals surface area (Å²) in [5, 5.41) is 9.69. The number of carbonyl (C=O) groups excluding carboxylic acids is 2. The zero-order valence-electron chi connectivity index (χ0n) is 52.9. The van der Waals surface area contributed by atoms with E-state index in [0.717, 1.165) is 219 Å². The van der Waals surface area contributed by atoms with Crippen LogP contribution in [0.25, 0.3) is 0 Å². The van der Waals surface area contributed by atoms with Crippen LogP contribution < -0.4 is 0 Å². The predicted molar refractivity (Wildman–Crippen MR) is 335 cm³/mol. The molecule has 12 nitrogen and oxygen atoms in total. The molecule has 0 amide bonds. The Bertz CT molecular complexity index is 1350. The second-order valence-electron chi connectivity index (χ2n) is 21.8. The number of hydrogen-bond acceptors (Lipinski definition) is 12. The van der Waals surface area contributed by atoms with Gasteiger partial charge in [0, 0.05) is 66.1 Å². The molecule has 12 heteroatoms. The van der Waals surface area contributed by atoms with Crippen LogP contribution >= 0.6 is 0 Å². The fourth-order valence-electron chi connectivity index (χ4n) is 9.40. The van der Waals surface area contributed by atoms with E-state index in [0.29, 0.717) is 65.3 Å². The lowest BCUT2D eigenvalue weighted by atomic mass is 10.1. The van der Waals surface area contributed by atoms with E-state index in [1.54, 1.807) is 7.11 Å². The normalized spacial score (nSPS) is 12.3. The Balaban J connectivity index is 4.70. The van der Waals surface area contributed by atoms with Crippen LogP contribution in [-0.2, 0) is 42.7 Å². The van der Waals surface area contributed by atoms with E-state index in [1.807, 2.05) is 0 Å². The van der Waals surface area contributed by atoms with Gasteiger partial charge in [0.25, 0.3) is 0 Å². The Hall–Kier alpha value is -2.42. The van der Waals surface area contributed by atoms with E-state index in [-0.39, 0.29) is 31.1 Å². The molecule has 0 rings (SSSR count). The van der Waals surface area contributed by atoms with Crippen LogP contribution in [0.3, 0.4) is 0 Å². The third-order valence-electron chi connectivity index (χ3n) is 14.2. The zero-order chi connectivity index (χ0) is 58.1. The minimum atomic E-state index is -0.366. The summed E-state index contributed by atoms with van der Waals surface area (Å²) in [5.74, 6) is -0.322. The maximum Gasteiger partial charge on any atom is 0.305 e. The maximum absolute atomic E-state index is 12.7. The molecule has 0 aliphatic heterocycles. The monoisotopic (exact) mass is 1130 g/mol. The Morgan fingerprint density at radius 1 is 0.350 bits per heavy atom. The Labute approximate surface area is 493 Å². The van der Waals surface area contributed by atoms with Crippen molar-refractivity contribution in [3.63, 3.8) is 0 Å². The molecule has 0 unspecified atom stereocenters. The summed E-state index contributed by atoms with van der Waals surface area (Å²) < 4.78 is 40.9. The molecule has 0 saturated carbocycles. The van der Waals surface area contributed by atoms with E-state index in [1.165, 1.54) is 38.5 Å². The third kappa shape index (κ3) is 58.8. The van der Waals surface area contributed by atoms with Crippen LogP contribution in [-0.4, -0.2) is 139 Å². The minimum absolute atomic E-state index is 0.157. The Morgan fingerprint density at radius 2 is 0.637 bits per heavy atom. The first-order valence-corrected chi connectivity index (χ1v) is 33.4. The highest BCUT2D eigenvalue weighted by molar-refractivity contribution is 5.69. The van der Waals surface area contributed by atoms with Crippen molar-refractivity contribution in [3.05, 3.63) is 48.6 Å². The van der Waals surface area contributed by atoms with Gasteiger partial charge >= 0.3 is 11.9 Å². The lowest BCUT2D eigenvalue weighted by molar-refractivity contribution is -0.159. The first-order chi connectivity index (χ1) is 39.4. The van der Waals surface area contributed by atoms with Crippen molar-refractivity contribution in [3.8, 4) is 0 Å². The molecule has 0 radical (unpaired) electrons. The van der Waals surface area contributed by atoms with Crippen LogP contribution in [0.1, 0.15) is 265 Å². The average Bonchev–Trinajstić information content (AvgIpc) is 3.46. The number of hydrogen-bond donors (Lipinski definition) is 1. The molecule has 0 bridgehead atoms. The molecular weight excluding hydrogens is 1000 g/mol. The fourth-order valence-corrected chi connectivity index (χ4v) is 9.40. The average molecular weight is 1130 g/mol. The third-order valence-corrected chi connectivity index (χ3v) is 14.2. The largest absolute Gasteiger partial charge is 0.466 e. The van der Waals surface area contributed by atoms with Gasteiger partial charge in [-0.3, -0.25) is 9.59 Å². The van der Waals surface area contributed by atoms with E-state index < -0.39 is 0 Å². The number of ether oxygens (including phenoxy) is 7. The van der Waals surface area contributed by atoms with Crippen molar-refractivity contribution in [1.29, 1.82) is 0 Å². The molecule has 0 aliphatic rings. The van der Waals surface area contributed by atoms with Gasteiger partial charge in [-0.1, -0.05) is 134 Å². The molecule has 0 aromatic heterocycles. The lowest BCUT2D eigenvalue weighted by Gasteiger charge is -2.26. The maximum atomic E-state index is 12.7. The number of carbonyl (C=O) groups is 2. The topological polar surface area (TPSA) is 125 Å². The molecule has 0 aliphatic carbocycles. The van der Waals surface area contributed by atoms with Crippen LogP contribution in [0.2, 0.25) is 0 Å². The molecule has 0 saturated heterocycles. The van der Waals surface area contributed by atoms with Gasteiger partial charge < -0.3 is 48.1 Å². The SMILES string of the molecule is CC/C=C\CCCCOC(CCC(=O)OCCCCCCCN(CCCO)CCCN(CCCCCCCOC)CCCCCCCOC(=O)CCC(OCCCC/C=C\CC)OCCCC/C=C\CC)OCCCC/C=C\CC. The van der Waals surface area contributed by atoms with E-state index >= 15 is 0 Å². The second kappa shape index (κ2) is 65.7. The highest BCUT2D eigenvalue weighted by Crippen LogP contribution is 2.15. The molecule has 0 spiro atoms. The van der Waals surface area contributed by atoms with E-state index in [9.17, 15) is 14.7 Å². The number of aliphatic hydroxyl groups excluding tert-OH is 1. The van der Waals surface area contributed by atoms with Gasteiger partial charge in [0.15, 0.2) is 12.6 Å². The van der Waals surface area contributed by atoms with Crippen molar-refractivity contribution >= 4 is 11.9 Å². The highest BCUT2D eigenvalue weighted by atomic mass is 16.7. The Kier molecular flexibility index (Phi) is 63.7. The molecular formula is C68H128N2O10. The van der Waals surface area contributed by atoms with Gasteiger partial charge in [-0.25, -0.2) is 0 Å². The summed E-state index contributed by atoms with van der Waals surface area (Å²) in [5.41, 5.74) is 0. The number of methoxy groups -OCH3 is 1. The number of allylic oxidation sites excluding steroid dienone is 8. The van der Waals surface area contributed by atoms with Crippen molar-refractivity contribution < 1.29 is 47.9 Å². The summed E-state index contributed by atoms with van der Waals surface area (Å²) in [6, 6.07) is 0. The van der Waals surface area contributed by atoms with Crippen LogP contribution in [0.5, 0.6) is 0 Å². The van der Waals surface area contributed by atoms with Gasteiger partial charge in [0.1, 0.15) is 0 Å². The zero-order valence-corrected chi connectivity index (χ0v) is 52.9. The summed E-state index contributed by atoms with van der Waals surface area (Å²) >= 11 is 0. The van der Waals surface area contributed by atoms with Gasteiger partial charge in [-0.05, 0) is 187 Å². The highest BCUT2D eigenvalue weighted by Gasteiger charge is 2.16.